The van der Waals surface area contributed by atoms with E-state index in [1.807, 2.05) is 15.6 Å². The van der Waals surface area contributed by atoms with Crippen molar-refractivity contribution in [3.8, 4) is 0 Å². The Morgan fingerprint density at radius 1 is 1.38 bits per heavy atom. The molecule has 0 radical (unpaired) electrons. The predicted molar refractivity (Wildman–Crippen MR) is 99.6 cm³/mol. The summed E-state index contributed by atoms with van der Waals surface area (Å²) in [4.78, 5) is 18.6. The first kappa shape index (κ1) is 18.9. The van der Waals surface area contributed by atoms with Crippen molar-refractivity contribution in [2.45, 2.75) is 52.1 Å². The minimum Gasteiger partial charge on any atom is -0.356 e. The van der Waals surface area contributed by atoms with Gasteiger partial charge in [0, 0.05) is 31.3 Å². The summed E-state index contributed by atoms with van der Waals surface area (Å²) in [5, 5.41) is 17.0. The highest BCUT2D eigenvalue weighted by molar-refractivity contribution is 7.07. The van der Waals surface area contributed by atoms with Gasteiger partial charge in [-0.25, -0.2) is 9.67 Å². The quantitative estimate of drug-likeness (QED) is 0.712. The third-order valence-corrected chi connectivity index (χ3v) is 5.44. The van der Waals surface area contributed by atoms with Gasteiger partial charge in [0.25, 0.3) is 0 Å². The van der Waals surface area contributed by atoms with Crippen LogP contribution in [0.15, 0.2) is 10.9 Å². The highest BCUT2D eigenvalue weighted by Gasteiger charge is 2.18. The van der Waals surface area contributed by atoms with Crippen LogP contribution in [0.25, 0.3) is 0 Å². The van der Waals surface area contributed by atoms with Crippen LogP contribution in [0.1, 0.15) is 44.1 Å². The Hall–Kier alpha value is -1.87. The zero-order valence-corrected chi connectivity index (χ0v) is 16.1. The van der Waals surface area contributed by atoms with E-state index in [4.69, 9.17) is 0 Å². The van der Waals surface area contributed by atoms with Gasteiger partial charge in [-0.05, 0) is 48.7 Å². The molecule has 0 bridgehead atoms. The first-order valence-corrected chi connectivity index (χ1v) is 10.3. The molecule has 0 atom stereocenters. The number of carbonyl (C=O) groups excluding carboxylic acids is 1. The van der Waals surface area contributed by atoms with Crippen molar-refractivity contribution in [1.29, 1.82) is 0 Å². The third kappa shape index (κ3) is 5.84. The minimum absolute atomic E-state index is 0.0693. The minimum atomic E-state index is 0.0693. The molecule has 0 saturated carbocycles. The van der Waals surface area contributed by atoms with Crippen molar-refractivity contribution in [3.05, 3.63) is 22.4 Å². The molecule has 3 heterocycles. The van der Waals surface area contributed by atoms with Crippen LogP contribution in [0.3, 0.4) is 0 Å². The number of nitrogens with zero attached hydrogens (tertiary/aromatic N) is 6. The number of hydrogen-bond donors (Lipinski definition) is 1. The Morgan fingerprint density at radius 3 is 3.00 bits per heavy atom. The van der Waals surface area contributed by atoms with Crippen molar-refractivity contribution in [1.82, 2.24) is 35.4 Å². The molecule has 1 aliphatic rings. The van der Waals surface area contributed by atoms with Crippen molar-refractivity contribution in [2.75, 3.05) is 19.6 Å². The number of hydrogen-bond acceptors (Lipinski definition) is 7. The second kappa shape index (κ2) is 9.72. The molecule has 3 rings (SSSR count). The van der Waals surface area contributed by atoms with Crippen molar-refractivity contribution >= 4 is 17.2 Å². The number of likely N-dealkylation sites (tertiary alicyclic amines) is 1. The Bertz CT molecular complexity index is 664. The van der Waals surface area contributed by atoms with Gasteiger partial charge >= 0.3 is 0 Å². The van der Waals surface area contributed by atoms with E-state index in [1.54, 1.807) is 11.3 Å². The maximum absolute atomic E-state index is 11.9. The lowest BCUT2D eigenvalue weighted by Crippen LogP contribution is -2.33. The molecule has 142 valence electrons. The van der Waals surface area contributed by atoms with Gasteiger partial charge in [-0.1, -0.05) is 6.92 Å². The second-order valence-electron chi connectivity index (χ2n) is 6.96. The van der Waals surface area contributed by atoms with Gasteiger partial charge in [0.2, 0.25) is 5.91 Å². The van der Waals surface area contributed by atoms with Crippen LogP contribution >= 0.6 is 11.3 Å². The normalized spacial score (nSPS) is 16.0. The fourth-order valence-corrected chi connectivity index (χ4v) is 3.69. The number of carbonyl (C=O) groups is 1. The van der Waals surface area contributed by atoms with E-state index in [1.165, 1.54) is 12.8 Å². The van der Waals surface area contributed by atoms with Gasteiger partial charge in [-0.15, -0.1) is 16.4 Å². The van der Waals surface area contributed by atoms with E-state index in [-0.39, 0.29) is 5.91 Å². The molecule has 1 aliphatic heterocycles. The van der Waals surface area contributed by atoms with Crippen LogP contribution in [0.4, 0.5) is 0 Å². The highest BCUT2D eigenvalue weighted by atomic mass is 32.1. The van der Waals surface area contributed by atoms with Crippen LogP contribution < -0.4 is 5.32 Å². The molecule has 1 saturated heterocycles. The molecule has 0 spiro atoms. The van der Waals surface area contributed by atoms with Gasteiger partial charge < -0.3 is 5.32 Å². The van der Waals surface area contributed by atoms with Gasteiger partial charge in [0.1, 0.15) is 0 Å². The van der Waals surface area contributed by atoms with E-state index in [2.05, 4.69) is 37.6 Å². The van der Waals surface area contributed by atoms with Crippen molar-refractivity contribution in [2.24, 2.45) is 5.92 Å². The van der Waals surface area contributed by atoms with Gasteiger partial charge in [0.15, 0.2) is 5.82 Å². The number of thiazole rings is 1. The summed E-state index contributed by atoms with van der Waals surface area (Å²) in [5.74, 6) is 1.78. The van der Waals surface area contributed by atoms with E-state index in [9.17, 15) is 4.79 Å². The Balaban J connectivity index is 1.34. The first-order valence-electron chi connectivity index (χ1n) is 9.32. The molecule has 1 amide bonds. The Morgan fingerprint density at radius 2 is 2.23 bits per heavy atom. The van der Waals surface area contributed by atoms with Gasteiger partial charge in [-0.3, -0.25) is 9.69 Å². The molecule has 8 nitrogen and oxygen atoms in total. The molecule has 1 N–H and O–H groups in total. The molecule has 2 aromatic rings. The van der Waals surface area contributed by atoms with Crippen molar-refractivity contribution < 1.29 is 4.79 Å². The number of tetrazole rings is 1. The number of aromatic nitrogens is 5. The van der Waals surface area contributed by atoms with E-state index in [0.717, 1.165) is 49.9 Å². The molecule has 0 aromatic carbocycles. The molecular weight excluding hydrogens is 350 g/mol. The van der Waals surface area contributed by atoms with Gasteiger partial charge in [0.05, 0.1) is 17.7 Å². The van der Waals surface area contributed by atoms with Crippen molar-refractivity contribution in [3.63, 3.8) is 0 Å². The van der Waals surface area contributed by atoms with Gasteiger partial charge in [-0.2, -0.15) is 0 Å². The highest BCUT2D eigenvalue weighted by Crippen LogP contribution is 2.17. The summed E-state index contributed by atoms with van der Waals surface area (Å²) in [6, 6.07) is 0. The smallest absolute Gasteiger partial charge is 0.220 e. The lowest BCUT2D eigenvalue weighted by atomic mass is 9.99. The zero-order valence-electron chi connectivity index (χ0n) is 15.3. The molecular formula is C17H27N7OS. The number of aryl methyl sites for hydroxylation is 1. The monoisotopic (exact) mass is 377 g/mol. The summed E-state index contributed by atoms with van der Waals surface area (Å²) in [7, 11) is 0. The molecule has 0 unspecified atom stereocenters. The largest absolute Gasteiger partial charge is 0.356 e. The topological polar surface area (TPSA) is 88.8 Å². The van der Waals surface area contributed by atoms with E-state index in [0.29, 0.717) is 19.5 Å². The van der Waals surface area contributed by atoms with Crippen LogP contribution in [0.2, 0.25) is 0 Å². The van der Waals surface area contributed by atoms with E-state index >= 15 is 0 Å². The Labute approximate surface area is 158 Å². The summed E-state index contributed by atoms with van der Waals surface area (Å²) in [5.41, 5.74) is 2.84. The first-order chi connectivity index (χ1) is 12.7. The standard InChI is InChI=1S/C17H27N7OS/c1-14-5-9-23(10-6-14)11-16-20-21-22-24(16)8-2-3-17(25)18-7-4-15-12-26-13-19-15/h12-14H,2-11H2,1H3,(H,18,25). The molecule has 2 aromatic heterocycles. The fourth-order valence-electron chi connectivity index (χ4n) is 3.10. The third-order valence-electron chi connectivity index (χ3n) is 4.81. The van der Waals surface area contributed by atoms with Crippen LogP contribution in [0.5, 0.6) is 0 Å². The van der Waals surface area contributed by atoms with Crippen LogP contribution in [-0.2, 0) is 24.3 Å². The number of nitrogens with one attached hydrogen (secondary N) is 1. The number of piperidine rings is 1. The average molecular weight is 378 g/mol. The molecule has 1 fully saturated rings. The maximum Gasteiger partial charge on any atom is 0.220 e. The lowest BCUT2D eigenvalue weighted by molar-refractivity contribution is -0.121. The Kier molecular flexibility index (Phi) is 7.07. The fraction of sp³-hybridized carbons (Fsp3) is 0.706. The number of rotatable bonds is 9. The lowest BCUT2D eigenvalue weighted by Gasteiger charge is -2.29. The molecule has 0 aliphatic carbocycles. The summed E-state index contributed by atoms with van der Waals surface area (Å²) >= 11 is 1.58. The summed E-state index contributed by atoms with van der Waals surface area (Å²) in [6.45, 7) is 6.62. The number of amides is 1. The zero-order chi connectivity index (χ0) is 18.2. The predicted octanol–water partition coefficient (Wildman–Crippen LogP) is 1.50. The summed E-state index contributed by atoms with van der Waals surface area (Å²) < 4.78 is 1.83. The van der Waals surface area contributed by atoms with Crippen LogP contribution in [0, 0.1) is 5.92 Å². The SMILES string of the molecule is CC1CCN(Cc2nnnn2CCCC(=O)NCCc2cscn2)CC1. The summed E-state index contributed by atoms with van der Waals surface area (Å²) in [6.07, 6.45) is 4.47. The molecule has 9 heteroatoms. The van der Waals surface area contributed by atoms with Crippen LogP contribution in [-0.4, -0.2) is 55.6 Å². The second-order valence-corrected chi connectivity index (χ2v) is 7.68. The average Bonchev–Trinajstić information content (AvgIpc) is 3.29. The van der Waals surface area contributed by atoms with E-state index < -0.39 is 0 Å². The molecule has 26 heavy (non-hydrogen) atoms. The maximum atomic E-state index is 11.9.